The van der Waals surface area contributed by atoms with E-state index in [1.54, 1.807) is 7.11 Å². The average Bonchev–Trinajstić information content (AvgIpc) is 2.21. The van der Waals surface area contributed by atoms with E-state index in [1.165, 1.54) is 0 Å². The van der Waals surface area contributed by atoms with E-state index in [0.29, 0.717) is 24.7 Å². The first-order chi connectivity index (χ1) is 6.83. The molecule has 0 aliphatic rings. The fraction of sp³-hybridized carbons (Fsp3) is 0.455. The summed E-state index contributed by atoms with van der Waals surface area (Å²) < 4.78 is 16.1. The highest BCUT2D eigenvalue weighted by Crippen LogP contribution is 2.36. The molecule has 3 nitrogen and oxygen atoms in total. The van der Waals surface area contributed by atoms with E-state index in [4.69, 9.17) is 14.2 Å². The lowest BCUT2D eigenvalue weighted by atomic mass is 10.3. The summed E-state index contributed by atoms with van der Waals surface area (Å²) in [6, 6.07) is 5.61. The zero-order chi connectivity index (χ0) is 10.4. The molecule has 0 unspecified atom stereocenters. The Bertz CT molecular complexity index is 284. The normalized spacial score (nSPS) is 9.64. The van der Waals surface area contributed by atoms with Gasteiger partial charge in [-0.05, 0) is 26.0 Å². The Hall–Kier alpha value is -1.38. The molecule has 0 N–H and O–H groups in total. The third-order valence-corrected chi connectivity index (χ3v) is 1.75. The quantitative estimate of drug-likeness (QED) is 0.724. The molecule has 0 radical (unpaired) electrons. The second kappa shape index (κ2) is 5.37. The topological polar surface area (TPSA) is 27.7 Å². The fourth-order valence-electron chi connectivity index (χ4n) is 1.21. The molecule has 0 aliphatic carbocycles. The minimum atomic E-state index is 0.598. The molecule has 0 fully saturated rings. The van der Waals surface area contributed by atoms with Crippen molar-refractivity contribution in [2.24, 2.45) is 0 Å². The first-order valence-electron chi connectivity index (χ1n) is 4.76. The van der Waals surface area contributed by atoms with Crippen LogP contribution in [-0.4, -0.2) is 20.3 Å². The molecule has 0 bridgehead atoms. The van der Waals surface area contributed by atoms with Gasteiger partial charge in [0.15, 0.2) is 11.5 Å². The standard InChI is InChI=1S/C11H16O3/c1-4-13-10-8-6-7-9(12-3)11(10)14-5-2/h6-8H,4-5H2,1-3H3. The molecule has 0 saturated carbocycles. The van der Waals surface area contributed by atoms with E-state index in [-0.39, 0.29) is 0 Å². The molecule has 14 heavy (non-hydrogen) atoms. The van der Waals surface area contributed by atoms with Crippen molar-refractivity contribution in [2.45, 2.75) is 13.8 Å². The Morgan fingerprint density at radius 1 is 1.00 bits per heavy atom. The van der Waals surface area contributed by atoms with Gasteiger partial charge >= 0.3 is 0 Å². The van der Waals surface area contributed by atoms with Crippen LogP contribution in [0.4, 0.5) is 0 Å². The second-order valence-electron chi connectivity index (χ2n) is 2.65. The molecule has 0 amide bonds. The molecule has 0 heterocycles. The van der Waals surface area contributed by atoms with Gasteiger partial charge in [-0.1, -0.05) is 6.07 Å². The van der Waals surface area contributed by atoms with E-state index in [0.717, 1.165) is 5.75 Å². The summed E-state index contributed by atoms with van der Waals surface area (Å²) >= 11 is 0. The molecule has 0 saturated heterocycles. The van der Waals surface area contributed by atoms with Crippen LogP contribution in [0.5, 0.6) is 17.2 Å². The first-order valence-corrected chi connectivity index (χ1v) is 4.76. The fourth-order valence-corrected chi connectivity index (χ4v) is 1.21. The highest BCUT2D eigenvalue weighted by atomic mass is 16.5. The summed E-state index contributed by atoms with van der Waals surface area (Å²) in [4.78, 5) is 0. The third kappa shape index (κ3) is 2.31. The van der Waals surface area contributed by atoms with Crippen LogP contribution in [0.2, 0.25) is 0 Å². The number of rotatable bonds is 5. The number of methoxy groups -OCH3 is 1. The molecule has 0 aliphatic heterocycles. The Morgan fingerprint density at radius 2 is 1.64 bits per heavy atom. The molecule has 0 aromatic heterocycles. The Balaban J connectivity index is 3.00. The van der Waals surface area contributed by atoms with Gasteiger partial charge < -0.3 is 14.2 Å². The zero-order valence-electron chi connectivity index (χ0n) is 8.87. The van der Waals surface area contributed by atoms with Crippen molar-refractivity contribution >= 4 is 0 Å². The minimum absolute atomic E-state index is 0.598. The molecule has 1 aromatic rings. The monoisotopic (exact) mass is 196 g/mol. The maximum atomic E-state index is 5.46. The van der Waals surface area contributed by atoms with Crippen LogP contribution in [0.15, 0.2) is 18.2 Å². The van der Waals surface area contributed by atoms with Crippen LogP contribution >= 0.6 is 0 Å². The number of ether oxygens (including phenoxy) is 3. The van der Waals surface area contributed by atoms with E-state index in [1.807, 2.05) is 32.0 Å². The van der Waals surface area contributed by atoms with Crippen LogP contribution in [0.3, 0.4) is 0 Å². The number of hydrogen-bond donors (Lipinski definition) is 0. The summed E-state index contributed by atoms with van der Waals surface area (Å²) in [5.74, 6) is 2.12. The van der Waals surface area contributed by atoms with Gasteiger partial charge in [0.05, 0.1) is 20.3 Å². The lowest BCUT2D eigenvalue weighted by Gasteiger charge is -2.13. The van der Waals surface area contributed by atoms with Crippen LogP contribution in [0.1, 0.15) is 13.8 Å². The van der Waals surface area contributed by atoms with Gasteiger partial charge in [-0.2, -0.15) is 0 Å². The third-order valence-electron chi connectivity index (χ3n) is 1.75. The van der Waals surface area contributed by atoms with Gasteiger partial charge in [0, 0.05) is 0 Å². The van der Waals surface area contributed by atoms with Crippen LogP contribution in [0, 0.1) is 0 Å². The van der Waals surface area contributed by atoms with Crippen molar-refractivity contribution in [1.29, 1.82) is 0 Å². The number of hydrogen-bond acceptors (Lipinski definition) is 3. The van der Waals surface area contributed by atoms with E-state index >= 15 is 0 Å². The largest absolute Gasteiger partial charge is 0.493 e. The molecule has 1 rings (SSSR count). The van der Waals surface area contributed by atoms with Crippen molar-refractivity contribution in [1.82, 2.24) is 0 Å². The second-order valence-corrected chi connectivity index (χ2v) is 2.65. The van der Waals surface area contributed by atoms with Crippen molar-refractivity contribution < 1.29 is 14.2 Å². The van der Waals surface area contributed by atoms with Gasteiger partial charge in [0.25, 0.3) is 0 Å². The lowest BCUT2D eigenvalue weighted by Crippen LogP contribution is -2.00. The predicted molar refractivity (Wildman–Crippen MR) is 55.3 cm³/mol. The van der Waals surface area contributed by atoms with Gasteiger partial charge in [0.1, 0.15) is 0 Å². The summed E-state index contributed by atoms with van der Waals surface area (Å²) in [5, 5.41) is 0. The SMILES string of the molecule is CCOc1cccc(OC)c1OCC. The van der Waals surface area contributed by atoms with E-state index < -0.39 is 0 Å². The minimum Gasteiger partial charge on any atom is -0.493 e. The summed E-state index contributed by atoms with van der Waals surface area (Å²) in [7, 11) is 1.62. The highest BCUT2D eigenvalue weighted by Gasteiger charge is 2.10. The van der Waals surface area contributed by atoms with Crippen molar-refractivity contribution in [3.8, 4) is 17.2 Å². The van der Waals surface area contributed by atoms with Crippen molar-refractivity contribution in [2.75, 3.05) is 20.3 Å². The van der Waals surface area contributed by atoms with E-state index in [2.05, 4.69) is 0 Å². The first kappa shape index (κ1) is 10.7. The molecular weight excluding hydrogens is 180 g/mol. The van der Waals surface area contributed by atoms with Crippen molar-refractivity contribution in [3.63, 3.8) is 0 Å². The van der Waals surface area contributed by atoms with Crippen LogP contribution in [0.25, 0.3) is 0 Å². The smallest absolute Gasteiger partial charge is 0.203 e. The summed E-state index contributed by atoms with van der Waals surface area (Å²) in [5.41, 5.74) is 0. The molecular formula is C11H16O3. The molecule has 0 spiro atoms. The summed E-state index contributed by atoms with van der Waals surface area (Å²) in [6.45, 7) is 5.09. The van der Waals surface area contributed by atoms with Gasteiger partial charge in [-0.25, -0.2) is 0 Å². The van der Waals surface area contributed by atoms with Crippen LogP contribution in [-0.2, 0) is 0 Å². The van der Waals surface area contributed by atoms with Gasteiger partial charge in [-0.15, -0.1) is 0 Å². The Morgan fingerprint density at radius 3 is 2.21 bits per heavy atom. The zero-order valence-corrected chi connectivity index (χ0v) is 8.87. The highest BCUT2D eigenvalue weighted by molar-refractivity contribution is 5.51. The van der Waals surface area contributed by atoms with Crippen molar-refractivity contribution in [3.05, 3.63) is 18.2 Å². The maximum Gasteiger partial charge on any atom is 0.203 e. The Labute approximate surface area is 84.6 Å². The Kier molecular flexibility index (Phi) is 4.11. The van der Waals surface area contributed by atoms with Crippen LogP contribution < -0.4 is 14.2 Å². The molecule has 1 aromatic carbocycles. The number of para-hydroxylation sites is 1. The molecule has 3 heteroatoms. The molecule has 78 valence electrons. The molecule has 0 atom stereocenters. The van der Waals surface area contributed by atoms with Gasteiger partial charge in [-0.3, -0.25) is 0 Å². The van der Waals surface area contributed by atoms with Gasteiger partial charge in [0.2, 0.25) is 5.75 Å². The average molecular weight is 196 g/mol. The summed E-state index contributed by atoms with van der Waals surface area (Å²) in [6.07, 6.45) is 0. The van der Waals surface area contributed by atoms with E-state index in [9.17, 15) is 0 Å². The maximum absolute atomic E-state index is 5.46. The predicted octanol–water partition coefficient (Wildman–Crippen LogP) is 2.49. The number of benzene rings is 1. The lowest BCUT2D eigenvalue weighted by molar-refractivity contribution is 0.272.